The first-order chi connectivity index (χ1) is 13.6. The van der Waals surface area contributed by atoms with Crippen molar-refractivity contribution >= 4 is 17.6 Å². The zero-order valence-electron chi connectivity index (χ0n) is 16.1. The van der Waals surface area contributed by atoms with E-state index < -0.39 is 6.03 Å². The van der Waals surface area contributed by atoms with Crippen molar-refractivity contribution < 1.29 is 14.3 Å². The number of urea groups is 1. The first-order valence-electron chi connectivity index (χ1n) is 9.36. The summed E-state index contributed by atoms with van der Waals surface area (Å²) < 4.78 is 5.07. The Balaban J connectivity index is 1.37. The molecule has 1 aliphatic heterocycles. The quantitative estimate of drug-likeness (QED) is 0.801. The second kappa shape index (κ2) is 9.87. The van der Waals surface area contributed by atoms with Gasteiger partial charge in [-0.1, -0.05) is 30.3 Å². The topological polar surface area (TPSA) is 73.9 Å². The van der Waals surface area contributed by atoms with Gasteiger partial charge in [0.1, 0.15) is 5.75 Å². The van der Waals surface area contributed by atoms with Gasteiger partial charge in [0.15, 0.2) is 0 Å². The Labute approximate surface area is 165 Å². The van der Waals surface area contributed by atoms with Gasteiger partial charge in [-0.05, 0) is 29.8 Å². The SMILES string of the molecule is COc1ccc(NC(=O)NC(=O)CN2CCN(Cc3ccccc3)CC2)cc1. The van der Waals surface area contributed by atoms with Crippen LogP contribution < -0.4 is 15.4 Å². The van der Waals surface area contributed by atoms with E-state index in [0.29, 0.717) is 11.4 Å². The summed E-state index contributed by atoms with van der Waals surface area (Å²) in [6, 6.07) is 16.8. The van der Waals surface area contributed by atoms with Crippen molar-refractivity contribution in [3.05, 3.63) is 60.2 Å². The van der Waals surface area contributed by atoms with Gasteiger partial charge in [-0.25, -0.2) is 4.79 Å². The Hall–Kier alpha value is -2.90. The molecule has 3 rings (SSSR count). The van der Waals surface area contributed by atoms with E-state index in [-0.39, 0.29) is 12.5 Å². The Kier molecular flexibility index (Phi) is 7.00. The average Bonchev–Trinajstić information content (AvgIpc) is 2.70. The van der Waals surface area contributed by atoms with Crippen molar-refractivity contribution in [2.45, 2.75) is 6.54 Å². The van der Waals surface area contributed by atoms with Crippen molar-refractivity contribution in [3.8, 4) is 5.75 Å². The van der Waals surface area contributed by atoms with Crippen LogP contribution in [0, 0.1) is 0 Å². The summed E-state index contributed by atoms with van der Waals surface area (Å²) in [7, 11) is 1.58. The van der Waals surface area contributed by atoms with Crippen LogP contribution in [0.15, 0.2) is 54.6 Å². The fraction of sp³-hybridized carbons (Fsp3) is 0.333. The molecule has 7 heteroatoms. The third-order valence-electron chi connectivity index (χ3n) is 4.68. The number of rotatable bonds is 6. The molecule has 1 saturated heterocycles. The lowest BCUT2D eigenvalue weighted by atomic mass is 10.2. The van der Waals surface area contributed by atoms with Gasteiger partial charge in [0.2, 0.25) is 5.91 Å². The van der Waals surface area contributed by atoms with E-state index in [1.165, 1.54) is 5.56 Å². The molecule has 2 aromatic rings. The average molecular weight is 382 g/mol. The van der Waals surface area contributed by atoms with Crippen LogP contribution in [0.1, 0.15) is 5.56 Å². The second-order valence-electron chi connectivity index (χ2n) is 6.77. The molecule has 0 unspecified atom stereocenters. The number of anilines is 1. The predicted octanol–water partition coefficient (Wildman–Crippen LogP) is 2.16. The van der Waals surface area contributed by atoms with Crippen molar-refractivity contribution in [1.82, 2.24) is 15.1 Å². The fourth-order valence-electron chi connectivity index (χ4n) is 3.15. The molecule has 0 spiro atoms. The van der Waals surface area contributed by atoms with Crippen LogP contribution in [-0.2, 0) is 11.3 Å². The summed E-state index contributed by atoms with van der Waals surface area (Å²) in [4.78, 5) is 28.6. The highest BCUT2D eigenvalue weighted by molar-refractivity contribution is 6.01. The normalized spacial score (nSPS) is 15.0. The lowest BCUT2D eigenvalue weighted by Gasteiger charge is -2.34. The van der Waals surface area contributed by atoms with Crippen LogP contribution in [0.25, 0.3) is 0 Å². The van der Waals surface area contributed by atoms with Crippen LogP contribution in [0.3, 0.4) is 0 Å². The van der Waals surface area contributed by atoms with Crippen molar-refractivity contribution in [2.75, 3.05) is 45.2 Å². The number of amides is 3. The summed E-state index contributed by atoms with van der Waals surface area (Å²) in [5.74, 6) is 0.399. The molecule has 28 heavy (non-hydrogen) atoms. The number of ether oxygens (including phenoxy) is 1. The minimum Gasteiger partial charge on any atom is -0.497 e. The van der Waals surface area contributed by atoms with Crippen LogP contribution in [-0.4, -0.2) is 61.6 Å². The molecule has 0 radical (unpaired) electrons. The van der Waals surface area contributed by atoms with Gasteiger partial charge in [0, 0.05) is 38.4 Å². The lowest BCUT2D eigenvalue weighted by molar-refractivity contribution is -0.121. The van der Waals surface area contributed by atoms with E-state index in [1.807, 2.05) is 18.2 Å². The molecule has 148 valence electrons. The number of imide groups is 1. The van der Waals surface area contributed by atoms with Gasteiger partial charge < -0.3 is 10.1 Å². The Bertz CT molecular complexity index is 772. The third kappa shape index (κ3) is 6.07. The molecule has 0 aliphatic carbocycles. The van der Waals surface area contributed by atoms with Crippen LogP contribution >= 0.6 is 0 Å². The molecule has 1 aliphatic rings. The van der Waals surface area contributed by atoms with Gasteiger partial charge in [-0.15, -0.1) is 0 Å². The van der Waals surface area contributed by atoms with Gasteiger partial charge in [0.25, 0.3) is 0 Å². The Morgan fingerprint density at radius 3 is 2.21 bits per heavy atom. The largest absolute Gasteiger partial charge is 0.497 e. The maximum absolute atomic E-state index is 12.1. The van der Waals surface area contributed by atoms with Crippen LogP contribution in [0.5, 0.6) is 5.75 Å². The van der Waals surface area contributed by atoms with E-state index in [9.17, 15) is 9.59 Å². The van der Waals surface area contributed by atoms with Gasteiger partial charge in [-0.3, -0.25) is 19.9 Å². The number of hydrogen-bond acceptors (Lipinski definition) is 5. The predicted molar refractivity (Wildman–Crippen MR) is 108 cm³/mol. The molecule has 3 amide bonds. The maximum atomic E-state index is 12.1. The number of benzene rings is 2. The van der Waals surface area contributed by atoms with Gasteiger partial charge in [0.05, 0.1) is 13.7 Å². The second-order valence-corrected chi connectivity index (χ2v) is 6.77. The molecule has 2 N–H and O–H groups in total. The number of nitrogens with zero attached hydrogens (tertiary/aromatic N) is 2. The summed E-state index contributed by atoms with van der Waals surface area (Å²) in [5.41, 5.74) is 1.89. The zero-order valence-corrected chi connectivity index (χ0v) is 16.1. The van der Waals surface area contributed by atoms with E-state index >= 15 is 0 Å². The molecule has 0 aromatic heterocycles. The molecule has 0 saturated carbocycles. The highest BCUT2D eigenvalue weighted by atomic mass is 16.5. The third-order valence-corrected chi connectivity index (χ3v) is 4.68. The van der Waals surface area contributed by atoms with E-state index in [2.05, 4.69) is 32.6 Å². The highest BCUT2D eigenvalue weighted by Crippen LogP contribution is 2.14. The number of carbonyl (C=O) groups is 2. The van der Waals surface area contributed by atoms with Gasteiger partial charge >= 0.3 is 6.03 Å². The first-order valence-corrected chi connectivity index (χ1v) is 9.36. The molecule has 0 bridgehead atoms. The minimum atomic E-state index is -0.530. The molecule has 7 nitrogen and oxygen atoms in total. The summed E-state index contributed by atoms with van der Waals surface area (Å²) >= 11 is 0. The zero-order chi connectivity index (χ0) is 19.8. The highest BCUT2D eigenvalue weighted by Gasteiger charge is 2.19. The minimum absolute atomic E-state index is 0.217. The number of methoxy groups -OCH3 is 1. The Morgan fingerprint density at radius 2 is 1.57 bits per heavy atom. The molecule has 1 fully saturated rings. The van der Waals surface area contributed by atoms with E-state index in [4.69, 9.17) is 4.74 Å². The van der Waals surface area contributed by atoms with E-state index in [1.54, 1.807) is 31.4 Å². The molecular weight excluding hydrogens is 356 g/mol. The number of carbonyl (C=O) groups excluding carboxylic acids is 2. The number of nitrogens with one attached hydrogen (secondary N) is 2. The summed E-state index contributed by atoms with van der Waals surface area (Å²) in [5, 5.41) is 5.02. The van der Waals surface area contributed by atoms with Crippen molar-refractivity contribution in [3.63, 3.8) is 0 Å². The number of hydrogen-bond donors (Lipinski definition) is 2. The maximum Gasteiger partial charge on any atom is 0.325 e. The molecule has 2 aromatic carbocycles. The first kappa shape index (κ1) is 19.9. The fourth-order valence-corrected chi connectivity index (χ4v) is 3.15. The van der Waals surface area contributed by atoms with Crippen LogP contribution in [0.2, 0.25) is 0 Å². The van der Waals surface area contributed by atoms with Crippen molar-refractivity contribution in [2.24, 2.45) is 0 Å². The van der Waals surface area contributed by atoms with E-state index in [0.717, 1.165) is 32.7 Å². The summed E-state index contributed by atoms with van der Waals surface area (Å²) in [6.07, 6.45) is 0. The smallest absolute Gasteiger partial charge is 0.325 e. The molecule has 1 heterocycles. The molecular formula is C21H26N4O3. The molecule has 0 atom stereocenters. The lowest BCUT2D eigenvalue weighted by Crippen LogP contribution is -2.50. The standard InChI is InChI=1S/C21H26N4O3/c1-28-19-9-7-18(8-10-19)22-21(27)23-20(26)16-25-13-11-24(12-14-25)15-17-5-3-2-4-6-17/h2-10H,11-16H2,1H3,(H2,22,23,26,27). The monoisotopic (exact) mass is 382 g/mol. The number of piperazine rings is 1. The van der Waals surface area contributed by atoms with Gasteiger partial charge in [-0.2, -0.15) is 0 Å². The Morgan fingerprint density at radius 1 is 0.929 bits per heavy atom. The van der Waals surface area contributed by atoms with Crippen LogP contribution in [0.4, 0.5) is 10.5 Å². The van der Waals surface area contributed by atoms with Crippen molar-refractivity contribution in [1.29, 1.82) is 0 Å². The summed E-state index contributed by atoms with van der Waals surface area (Å²) in [6.45, 7) is 4.56.